The Morgan fingerprint density at radius 2 is 2.19 bits per heavy atom. The Hall–Kier alpha value is -1.13. The van der Waals surface area contributed by atoms with Crippen LogP contribution >= 0.6 is 0 Å². The van der Waals surface area contributed by atoms with Crippen LogP contribution in [0.25, 0.3) is 0 Å². The molecule has 0 aromatic carbocycles. The summed E-state index contributed by atoms with van der Waals surface area (Å²) in [6.07, 6.45) is 0. The summed E-state index contributed by atoms with van der Waals surface area (Å²) < 4.78 is 5.09. The summed E-state index contributed by atoms with van der Waals surface area (Å²) in [7, 11) is 1.71. The molecule has 16 heavy (non-hydrogen) atoms. The number of anilines is 1. The lowest BCUT2D eigenvalue weighted by Crippen LogP contribution is -2.28. The highest BCUT2D eigenvalue weighted by molar-refractivity contribution is 5.42. The number of hydrogen-bond acceptors (Lipinski definition) is 4. The second kappa shape index (κ2) is 6.45. The Morgan fingerprint density at radius 3 is 2.75 bits per heavy atom. The van der Waals surface area contributed by atoms with E-state index in [0.29, 0.717) is 13.2 Å². The zero-order valence-corrected chi connectivity index (χ0v) is 10.4. The van der Waals surface area contributed by atoms with Gasteiger partial charge in [0.15, 0.2) is 0 Å². The molecule has 0 unspecified atom stereocenters. The largest absolute Gasteiger partial charge is 0.383 e. The Balaban J connectivity index is 2.86. The molecule has 0 aliphatic carbocycles. The summed E-state index contributed by atoms with van der Waals surface area (Å²) in [6.45, 7) is 7.14. The first kappa shape index (κ1) is 12.9. The van der Waals surface area contributed by atoms with Gasteiger partial charge in [0.2, 0.25) is 0 Å². The summed E-state index contributed by atoms with van der Waals surface area (Å²) >= 11 is 0. The summed E-state index contributed by atoms with van der Waals surface area (Å²) in [5, 5.41) is 0. The van der Waals surface area contributed by atoms with Gasteiger partial charge in [0.05, 0.1) is 6.61 Å². The molecule has 0 atom stereocenters. The smallest absolute Gasteiger partial charge is 0.129 e. The molecule has 0 bridgehead atoms. The molecular formula is C12H21N3O. The zero-order chi connectivity index (χ0) is 12.0. The highest BCUT2D eigenvalue weighted by Crippen LogP contribution is 2.14. The number of pyridine rings is 1. The molecule has 0 saturated heterocycles. The molecule has 90 valence electrons. The van der Waals surface area contributed by atoms with E-state index in [1.807, 2.05) is 19.1 Å². The minimum absolute atomic E-state index is 0.554. The van der Waals surface area contributed by atoms with Crippen LogP contribution in [-0.2, 0) is 11.3 Å². The lowest BCUT2D eigenvalue weighted by Gasteiger charge is -2.22. The van der Waals surface area contributed by atoms with Gasteiger partial charge in [-0.25, -0.2) is 4.98 Å². The maximum absolute atomic E-state index is 5.66. The third kappa shape index (κ3) is 3.47. The molecule has 0 amide bonds. The topological polar surface area (TPSA) is 51.4 Å². The molecule has 0 radical (unpaired) electrons. The Bertz CT molecular complexity index is 328. The van der Waals surface area contributed by atoms with Gasteiger partial charge in [-0.05, 0) is 31.5 Å². The van der Waals surface area contributed by atoms with Crippen LogP contribution in [0.1, 0.15) is 18.2 Å². The normalized spacial score (nSPS) is 10.5. The summed E-state index contributed by atoms with van der Waals surface area (Å²) in [4.78, 5) is 6.71. The van der Waals surface area contributed by atoms with Crippen molar-refractivity contribution in [2.45, 2.75) is 20.4 Å². The lowest BCUT2D eigenvalue weighted by molar-refractivity contribution is 0.205. The number of hydrogen-bond donors (Lipinski definition) is 1. The van der Waals surface area contributed by atoms with Crippen LogP contribution in [-0.4, -0.2) is 31.8 Å². The predicted octanol–water partition coefficient (Wildman–Crippen LogP) is 1.32. The van der Waals surface area contributed by atoms with Crippen LogP contribution in [0.2, 0.25) is 0 Å². The molecule has 0 fully saturated rings. The maximum atomic E-state index is 5.66. The van der Waals surface area contributed by atoms with Gasteiger partial charge in [0.25, 0.3) is 0 Å². The fraction of sp³-hybridized carbons (Fsp3) is 0.583. The molecule has 2 N–H and O–H groups in total. The summed E-state index contributed by atoms with van der Waals surface area (Å²) in [5.74, 6) is 0.986. The number of rotatable bonds is 6. The van der Waals surface area contributed by atoms with E-state index >= 15 is 0 Å². The molecule has 1 rings (SSSR count). The Morgan fingerprint density at radius 1 is 1.44 bits per heavy atom. The molecule has 1 aromatic rings. The minimum atomic E-state index is 0.554. The van der Waals surface area contributed by atoms with E-state index in [-0.39, 0.29) is 0 Å². The van der Waals surface area contributed by atoms with Crippen LogP contribution < -0.4 is 10.6 Å². The number of methoxy groups -OCH3 is 1. The van der Waals surface area contributed by atoms with Crippen molar-refractivity contribution in [3.8, 4) is 0 Å². The average Bonchev–Trinajstić information content (AvgIpc) is 2.29. The number of aryl methyl sites for hydroxylation is 1. The number of ether oxygens (including phenoxy) is 1. The second-order valence-electron chi connectivity index (χ2n) is 3.75. The third-order valence-electron chi connectivity index (χ3n) is 2.51. The maximum Gasteiger partial charge on any atom is 0.129 e. The van der Waals surface area contributed by atoms with E-state index in [0.717, 1.165) is 30.2 Å². The monoisotopic (exact) mass is 223 g/mol. The third-order valence-corrected chi connectivity index (χ3v) is 2.51. The van der Waals surface area contributed by atoms with Gasteiger partial charge in [0, 0.05) is 32.4 Å². The van der Waals surface area contributed by atoms with Gasteiger partial charge in [-0.15, -0.1) is 0 Å². The number of nitrogens with two attached hydrogens (primary N) is 1. The van der Waals surface area contributed by atoms with E-state index in [2.05, 4.69) is 16.8 Å². The Kier molecular flexibility index (Phi) is 5.22. The van der Waals surface area contributed by atoms with Gasteiger partial charge in [0.1, 0.15) is 5.82 Å². The fourth-order valence-corrected chi connectivity index (χ4v) is 1.64. The van der Waals surface area contributed by atoms with Crippen molar-refractivity contribution in [3.05, 3.63) is 23.4 Å². The van der Waals surface area contributed by atoms with E-state index < -0.39 is 0 Å². The fourth-order valence-electron chi connectivity index (χ4n) is 1.64. The lowest BCUT2D eigenvalue weighted by atomic mass is 10.2. The molecule has 4 heteroatoms. The van der Waals surface area contributed by atoms with Gasteiger partial charge >= 0.3 is 0 Å². The van der Waals surface area contributed by atoms with Crippen LogP contribution in [0.3, 0.4) is 0 Å². The van der Waals surface area contributed by atoms with Crippen LogP contribution in [0.5, 0.6) is 0 Å². The van der Waals surface area contributed by atoms with Crippen molar-refractivity contribution in [1.29, 1.82) is 0 Å². The first-order valence-electron chi connectivity index (χ1n) is 5.62. The highest BCUT2D eigenvalue weighted by Gasteiger charge is 2.07. The molecule has 0 saturated carbocycles. The molecule has 1 aromatic heterocycles. The molecule has 1 heterocycles. The van der Waals surface area contributed by atoms with Crippen LogP contribution in [0, 0.1) is 6.92 Å². The van der Waals surface area contributed by atoms with Crippen molar-refractivity contribution in [2.75, 3.05) is 31.7 Å². The summed E-state index contributed by atoms with van der Waals surface area (Å²) in [6, 6.07) is 4.07. The second-order valence-corrected chi connectivity index (χ2v) is 3.75. The number of likely N-dealkylation sites (N-methyl/N-ethyl adjacent to an activating group) is 1. The van der Waals surface area contributed by atoms with E-state index in [1.54, 1.807) is 7.11 Å². The van der Waals surface area contributed by atoms with Crippen LogP contribution in [0.4, 0.5) is 5.82 Å². The Labute approximate surface area is 97.4 Å². The van der Waals surface area contributed by atoms with Crippen molar-refractivity contribution in [1.82, 2.24) is 4.98 Å². The first-order valence-corrected chi connectivity index (χ1v) is 5.62. The van der Waals surface area contributed by atoms with E-state index in [4.69, 9.17) is 10.5 Å². The van der Waals surface area contributed by atoms with Crippen LogP contribution in [0.15, 0.2) is 12.1 Å². The average molecular weight is 223 g/mol. The minimum Gasteiger partial charge on any atom is -0.383 e. The van der Waals surface area contributed by atoms with Crippen molar-refractivity contribution >= 4 is 5.82 Å². The van der Waals surface area contributed by atoms with E-state index in [1.165, 1.54) is 0 Å². The van der Waals surface area contributed by atoms with Crippen molar-refractivity contribution in [3.63, 3.8) is 0 Å². The molecule has 0 aliphatic heterocycles. The standard InChI is InChI=1S/C12H21N3O/c1-4-15(5-6-16-3)12-8-11(9-13)7-10(2)14-12/h7-8H,4-6,9,13H2,1-3H3. The quantitative estimate of drug-likeness (QED) is 0.790. The van der Waals surface area contributed by atoms with E-state index in [9.17, 15) is 0 Å². The molecular weight excluding hydrogens is 202 g/mol. The SMILES string of the molecule is CCN(CCOC)c1cc(CN)cc(C)n1. The van der Waals surface area contributed by atoms with Gasteiger partial charge < -0.3 is 15.4 Å². The highest BCUT2D eigenvalue weighted by atomic mass is 16.5. The zero-order valence-electron chi connectivity index (χ0n) is 10.4. The number of aromatic nitrogens is 1. The molecule has 4 nitrogen and oxygen atoms in total. The van der Waals surface area contributed by atoms with Crippen molar-refractivity contribution < 1.29 is 4.74 Å². The van der Waals surface area contributed by atoms with Gasteiger partial charge in [-0.3, -0.25) is 0 Å². The molecule has 0 aliphatic rings. The van der Waals surface area contributed by atoms with Crippen molar-refractivity contribution in [2.24, 2.45) is 5.73 Å². The molecule has 0 spiro atoms. The summed E-state index contributed by atoms with van der Waals surface area (Å²) in [5.41, 5.74) is 7.79. The number of nitrogens with zero attached hydrogens (tertiary/aromatic N) is 2. The first-order chi connectivity index (χ1) is 7.71. The van der Waals surface area contributed by atoms with Gasteiger partial charge in [-0.2, -0.15) is 0 Å². The van der Waals surface area contributed by atoms with Gasteiger partial charge in [-0.1, -0.05) is 0 Å². The predicted molar refractivity (Wildman–Crippen MR) is 66.6 cm³/mol.